The summed E-state index contributed by atoms with van der Waals surface area (Å²) in [6.07, 6.45) is 9.44. The van der Waals surface area contributed by atoms with Crippen LogP contribution >= 0.6 is 0 Å². The average molecular weight is 446 g/mol. The monoisotopic (exact) mass is 445 g/mol. The Kier molecular flexibility index (Phi) is 5.81. The molecule has 1 aliphatic rings. The van der Waals surface area contributed by atoms with Crippen molar-refractivity contribution in [3.05, 3.63) is 70.7 Å². The van der Waals surface area contributed by atoms with E-state index in [-0.39, 0.29) is 11.7 Å². The van der Waals surface area contributed by atoms with Crippen molar-refractivity contribution in [2.24, 2.45) is 0 Å². The molecule has 0 atom stereocenters. The van der Waals surface area contributed by atoms with Crippen LogP contribution in [0, 0.1) is 6.92 Å². The zero-order valence-corrected chi connectivity index (χ0v) is 18.9. The molecule has 33 heavy (non-hydrogen) atoms. The van der Waals surface area contributed by atoms with Crippen molar-refractivity contribution in [2.75, 3.05) is 18.0 Å². The van der Waals surface area contributed by atoms with Crippen molar-refractivity contribution >= 4 is 17.0 Å². The van der Waals surface area contributed by atoms with Crippen LogP contribution in [0.5, 0.6) is 5.75 Å². The third-order valence-electron chi connectivity index (χ3n) is 5.91. The van der Waals surface area contributed by atoms with Gasteiger partial charge >= 0.3 is 0 Å². The molecule has 1 aromatic carbocycles. The van der Waals surface area contributed by atoms with Gasteiger partial charge in [-0.05, 0) is 36.2 Å². The Morgan fingerprint density at radius 2 is 1.91 bits per heavy atom. The van der Waals surface area contributed by atoms with Crippen LogP contribution in [0.2, 0.25) is 0 Å². The number of nitrogens with zero attached hydrogens (tertiary/aromatic N) is 5. The van der Waals surface area contributed by atoms with Gasteiger partial charge in [-0.15, -0.1) is 0 Å². The molecule has 0 radical (unpaired) electrons. The fourth-order valence-electron chi connectivity index (χ4n) is 4.22. The van der Waals surface area contributed by atoms with Gasteiger partial charge in [-0.3, -0.25) is 9.36 Å². The number of hydrogen-bond donors (Lipinski definition) is 0. The average Bonchev–Trinajstić information content (AvgIpc) is 3.20. The van der Waals surface area contributed by atoms with Gasteiger partial charge in [0.2, 0.25) is 5.95 Å². The van der Waals surface area contributed by atoms with Gasteiger partial charge in [0, 0.05) is 57.5 Å². The van der Waals surface area contributed by atoms with E-state index in [1.807, 2.05) is 36.7 Å². The molecule has 0 bridgehead atoms. The highest BCUT2D eigenvalue weighted by atomic mass is 16.5. The predicted molar refractivity (Wildman–Crippen MR) is 126 cm³/mol. The smallest absolute Gasteiger partial charge is 0.258 e. The molecule has 1 saturated heterocycles. The summed E-state index contributed by atoms with van der Waals surface area (Å²) < 4.78 is 13.2. The van der Waals surface area contributed by atoms with Crippen molar-refractivity contribution in [3.63, 3.8) is 0 Å². The summed E-state index contributed by atoms with van der Waals surface area (Å²) in [6, 6.07) is 8.90. The SMILES string of the molecule is CCCc1cnc(N2CCC(Oc3ccn(-c4ccc5oc(C)nc5c4)c(=O)c3)CC2)nc1. The number of aromatic nitrogens is 4. The van der Waals surface area contributed by atoms with Crippen molar-refractivity contribution < 1.29 is 9.15 Å². The van der Waals surface area contributed by atoms with Crippen LogP contribution < -0.4 is 15.2 Å². The number of benzene rings is 1. The first-order valence-corrected chi connectivity index (χ1v) is 11.4. The standard InChI is InChI=1S/C25H27N5O3/c1-3-4-18-15-26-25(27-16-18)29-10-7-20(8-11-29)33-21-9-12-30(24(31)14-21)19-5-6-23-22(13-19)28-17(2)32-23/h5-6,9,12-16,20H,3-4,7-8,10-11H2,1-2H3. The summed E-state index contributed by atoms with van der Waals surface area (Å²) in [5, 5.41) is 0. The molecule has 8 nitrogen and oxygen atoms in total. The molecule has 0 saturated carbocycles. The second-order valence-corrected chi connectivity index (χ2v) is 8.40. The van der Waals surface area contributed by atoms with E-state index in [1.54, 1.807) is 23.8 Å². The zero-order chi connectivity index (χ0) is 22.8. The summed E-state index contributed by atoms with van der Waals surface area (Å²) in [5.74, 6) is 1.97. The van der Waals surface area contributed by atoms with Gasteiger partial charge < -0.3 is 14.1 Å². The van der Waals surface area contributed by atoms with Crippen LogP contribution in [-0.2, 0) is 6.42 Å². The Morgan fingerprint density at radius 3 is 2.64 bits per heavy atom. The maximum atomic E-state index is 12.7. The molecule has 5 rings (SSSR count). The molecular formula is C25H27N5O3. The molecule has 170 valence electrons. The second-order valence-electron chi connectivity index (χ2n) is 8.40. The van der Waals surface area contributed by atoms with Crippen molar-refractivity contribution in [1.29, 1.82) is 0 Å². The zero-order valence-electron chi connectivity index (χ0n) is 18.9. The van der Waals surface area contributed by atoms with Crippen LogP contribution in [0.1, 0.15) is 37.6 Å². The highest BCUT2D eigenvalue weighted by molar-refractivity contribution is 5.75. The topological polar surface area (TPSA) is 86.3 Å². The van der Waals surface area contributed by atoms with Crippen LogP contribution in [0.15, 0.2) is 58.1 Å². The third-order valence-corrected chi connectivity index (χ3v) is 5.91. The van der Waals surface area contributed by atoms with E-state index in [9.17, 15) is 4.79 Å². The molecule has 1 fully saturated rings. The largest absolute Gasteiger partial charge is 0.490 e. The van der Waals surface area contributed by atoms with Crippen LogP contribution in [-0.4, -0.2) is 38.7 Å². The number of pyridine rings is 1. The molecule has 4 aromatic rings. The van der Waals surface area contributed by atoms with Gasteiger partial charge in [-0.25, -0.2) is 15.0 Å². The molecule has 0 spiro atoms. The molecule has 0 amide bonds. The number of piperidine rings is 1. The minimum Gasteiger partial charge on any atom is -0.490 e. The summed E-state index contributed by atoms with van der Waals surface area (Å²) in [6.45, 7) is 5.61. The van der Waals surface area contributed by atoms with Gasteiger partial charge in [0.15, 0.2) is 11.5 Å². The highest BCUT2D eigenvalue weighted by Crippen LogP contribution is 2.22. The Balaban J connectivity index is 1.22. The number of fused-ring (bicyclic) bond motifs is 1. The number of aryl methyl sites for hydroxylation is 2. The molecule has 0 unspecified atom stereocenters. The first-order chi connectivity index (χ1) is 16.1. The summed E-state index contributed by atoms with van der Waals surface area (Å²) in [5.41, 5.74) is 3.20. The normalized spacial score (nSPS) is 14.7. The minimum absolute atomic E-state index is 0.0605. The maximum Gasteiger partial charge on any atom is 0.258 e. The fourth-order valence-corrected chi connectivity index (χ4v) is 4.22. The highest BCUT2D eigenvalue weighted by Gasteiger charge is 2.22. The first kappa shape index (κ1) is 21.2. The number of rotatable bonds is 6. The molecule has 0 aliphatic carbocycles. The van der Waals surface area contributed by atoms with Crippen molar-refractivity contribution in [1.82, 2.24) is 19.5 Å². The summed E-state index contributed by atoms with van der Waals surface area (Å²) in [4.78, 5) is 28.3. The molecule has 1 aliphatic heterocycles. The Bertz CT molecular complexity index is 1300. The van der Waals surface area contributed by atoms with E-state index in [1.165, 1.54) is 5.56 Å². The first-order valence-electron chi connectivity index (χ1n) is 11.4. The van der Waals surface area contributed by atoms with Crippen LogP contribution in [0.3, 0.4) is 0 Å². The lowest BCUT2D eigenvalue weighted by molar-refractivity contribution is 0.170. The second kappa shape index (κ2) is 9.05. The number of oxazole rings is 1. The number of ether oxygens (including phenoxy) is 1. The van der Waals surface area contributed by atoms with E-state index in [2.05, 4.69) is 26.8 Å². The van der Waals surface area contributed by atoms with Gasteiger partial charge in [0.05, 0.1) is 5.69 Å². The Hall–Kier alpha value is -3.68. The summed E-state index contributed by atoms with van der Waals surface area (Å²) >= 11 is 0. The van der Waals surface area contributed by atoms with Gasteiger partial charge in [0.25, 0.3) is 5.56 Å². The Labute approximate surface area is 191 Å². The van der Waals surface area contributed by atoms with E-state index in [4.69, 9.17) is 9.15 Å². The van der Waals surface area contributed by atoms with Crippen molar-refractivity contribution in [2.45, 2.75) is 45.6 Å². The maximum absolute atomic E-state index is 12.7. The number of anilines is 1. The number of hydrogen-bond acceptors (Lipinski definition) is 7. The third kappa shape index (κ3) is 4.60. The molecule has 3 aromatic heterocycles. The molecular weight excluding hydrogens is 418 g/mol. The van der Waals surface area contributed by atoms with Gasteiger partial charge in [-0.2, -0.15) is 0 Å². The van der Waals surface area contributed by atoms with E-state index in [0.29, 0.717) is 17.2 Å². The molecule has 0 N–H and O–H groups in total. The van der Waals surface area contributed by atoms with E-state index < -0.39 is 0 Å². The van der Waals surface area contributed by atoms with E-state index >= 15 is 0 Å². The van der Waals surface area contributed by atoms with Crippen LogP contribution in [0.4, 0.5) is 5.95 Å². The van der Waals surface area contributed by atoms with Crippen molar-refractivity contribution in [3.8, 4) is 11.4 Å². The van der Waals surface area contributed by atoms with Gasteiger partial charge in [0.1, 0.15) is 17.4 Å². The molecule has 4 heterocycles. The summed E-state index contributed by atoms with van der Waals surface area (Å²) in [7, 11) is 0. The Morgan fingerprint density at radius 1 is 1.12 bits per heavy atom. The van der Waals surface area contributed by atoms with E-state index in [0.717, 1.165) is 55.9 Å². The quantitative estimate of drug-likeness (QED) is 0.442. The lowest BCUT2D eigenvalue weighted by Crippen LogP contribution is -2.39. The lowest BCUT2D eigenvalue weighted by atomic mass is 10.1. The lowest BCUT2D eigenvalue weighted by Gasteiger charge is -2.32. The van der Waals surface area contributed by atoms with Gasteiger partial charge in [-0.1, -0.05) is 13.3 Å². The minimum atomic E-state index is -0.148. The fraction of sp³-hybridized carbons (Fsp3) is 0.360. The van der Waals surface area contributed by atoms with Crippen LogP contribution in [0.25, 0.3) is 16.8 Å². The predicted octanol–water partition coefficient (Wildman–Crippen LogP) is 4.08. The molecule has 8 heteroatoms.